The van der Waals surface area contributed by atoms with E-state index in [1.807, 2.05) is 0 Å². The van der Waals surface area contributed by atoms with E-state index >= 15 is 0 Å². The van der Waals surface area contributed by atoms with Gasteiger partial charge in [-0.2, -0.15) is 0 Å². The fourth-order valence-electron chi connectivity index (χ4n) is 2.06. The van der Waals surface area contributed by atoms with E-state index in [0.29, 0.717) is 12.1 Å². The number of hydrogen-bond donors (Lipinski definition) is 1. The Morgan fingerprint density at radius 2 is 2.06 bits per heavy atom. The maximum atomic E-state index is 5.30. The zero-order valence-electron chi connectivity index (χ0n) is 11.2. The molecule has 2 atom stereocenters. The van der Waals surface area contributed by atoms with Crippen molar-refractivity contribution in [2.24, 2.45) is 0 Å². The summed E-state index contributed by atoms with van der Waals surface area (Å²) < 4.78 is 0. The van der Waals surface area contributed by atoms with Gasteiger partial charge in [0.05, 0.1) is 0 Å². The molecular formula is C16H23N. The zero-order valence-corrected chi connectivity index (χ0v) is 11.2. The first-order chi connectivity index (χ1) is 8.11. The Morgan fingerprint density at radius 1 is 1.29 bits per heavy atom. The van der Waals surface area contributed by atoms with E-state index in [9.17, 15) is 0 Å². The highest BCUT2D eigenvalue weighted by atomic mass is 14.9. The highest BCUT2D eigenvalue weighted by Gasteiger charge is 2.06. The Morgan fingerprint density at radius 3 is 2.71 bits per heavy atom. The van der Waals surface area contributed by atoms with Crippen LogP contribution in [0.2, 0.25) is 0 Å². The van der Waals surface area contributed by atoms with Gasteiger partial charge >= 0.3 is 0 Å². The predicted molar refractivity (Wildman–Crippen MR) is 75.0 cm³/mol. The third-order valence-corrected chi connectivity index (χ3v) is 2.94. The molecule has 0 aliphatic rings. The van der Waals surface area contributed by atoms with Crippen LogP contribution in [0.15, 0.2) is 24.3 Å². The summed E-state index contributed by atoms with van der Waals surface area (Å²) in [5.41, 5.74) is 2.76. The van der Waals surface area contributed by atoms with E-state index in [1.54, 1.807) is 0 Å². The second-order valence-corrected chi connectivity index (χ2v) is 4.90. The van der Waals surface area contributed by atoms with E-state index in [-0.39, 0.29) is 0 Å². The van der Waals surface area contributed by atoms with Crippen molar-refractivity contribution in [3.05, 3.63) is 35.4 Å². The normalized spacial score (nSPS) is 14.0. The molecule has 92 valence electrons. The molecule has 0 heterocycles. The summed E-state index contributed by atoms with van der Waals surface area (Å²) in [6, 6.07) is 9.65. The highest BCUT2D eigenvalue weighted by Crippen LogP contribution is 2.08. The molecule has 0 saturated heterocycles. The summed E-state index contributed by atoms with van der Waals surface area (Å²) in [6.07, 6.45) is 8.37. The summed E-state index contributed by atoms with van der Waals surface area (Å²) in [5, 5.41) is 3.52. The van der Waals surface area contributed by atoms with Crippen molar-refractivity contribution >= 4 is 0 Å². The first-order valence-electron chi connectivity index (χ1n) is 6.37. The van der Waals surface area contributed by atoms with Gasteiger partial charge in [-0.05, 0) is 39.2 Å². The van der Waals surface area contributed by atoms with Gasteiger partial charge in [0.15, 0.2) is 0 Å². The van der Waals surface area contributed by atoms with Crippen molar-refractivity contribution < 1.29 is 0 Å². The minimum atomic E-state index is 0.410. The first kappa shape index (κ1) is 13.8. The number of terminal acetylenes is 1. The average molecular weight is 229 g/mol. The molecule has 1 aromatic carbocycles. The fraction of sp³-hybridized carbons (Fsp3) is 0.500. The second-order valence-electron chi connectivity index (χ2n) is 4.90. The first-order valence-corrected chi connectivity index (χ1v) is 6.37. The molecule has 0 spiro atoms. The van der Waals surface area contributed by atoms with Gasteiger partial charge < -0.3 is 5.32 Å². The highest BCUT2D eigenvalue weighted by molar-refractivity contribution is 5.22. The molecule has 0 aliphatic heterocycles. The van der Waals surface area contributed by atoms with Gasteiger partial charge in [-0.15, -0.1) is 12.3 Å². The van der Waals surface area contributed by atoms with E-state index in [4.69, 9.17) is 6.42 Å². The minimum Gasteiger partial charge on any atom is -0.311 e. The van der Waals surface area contributed by atoms with Crippen molar-refractivity contribution in [2.75, 3.05) is 0 Å². The van der Waals surface area contributed by atoms with Gasteiger partial charge in [0.2, 0.25) is 0 Å². The number of hydrogen-bond acceptors (Lipinski definition) is 1. The smallest absolute Gasteiger partial charge is 0.0238 e. The molecule has 17 heavy (non-hydrogen) atoms. The molecule has 0 radical (unpaired) electrons. The van der Waals surface area contributed by atoms with Crippen LogP contribution >= 0.6 is 0 Å². The van der Waals surface area contributed by atoms with Gasteiger partial charge in [0, 0.05) is 18.5 Å². The lowest BCUT2D eigenvalue weighted by Gasteiger charge is -2.18. The molecule has 0 saturated carbocycles. The topological polar surface area (TPSA) is 12.0 Å². The van der Waals surface area contributed by atoms with E-state index in [1.165, 1.54) is 11.1 Å². The SMILES string of the molecule is C#CCC(C)NC(C)CCc1cccc(C)c1. The van der Waals surface area contributed by atoms with Crippen LogP contribution in [-0.4, -0.2) is 12.1 Å². The standard InChI is InChI=1S/C16H23N/c1-5-7-14(3)17-15(4)10-11-16-9-6-8-13(2)12-16/h1,6,8-9,12,14-15,17H,7,10-11H2,2-4H3. The van der Waals surface area contributed by atoms with Crippen LogP contribution in [0.5, 0.6) is 0 Å². The predicted octanol–water partition coefficient (Wildman–Crippen LogP) is 3.32. The Bertz CT molecular complexity index is 375. The molecule has 0 fully saturated rings. The molecule has 1 rings (SSSR count). The van der Waals surface area contributed by atoms with Crippen LogP contribution in [0.25, 0.3) is 0 Å². The van der Waals surface area contributed by atoms with Crippen LogP contribution < -0.4 is 5.32 Å². The quantitative estimate of drug-likeness (QED) is 0.738. The van der Waals surface area contributed by atoms with Crippen molar-refractivity contribution in [1.82, 2.24) is 5.32 Å². The Kier molecular flexibility index (Phi) is 5.80. The van der Waals surface area contributed by atoms with Crippen LogP contribution in [0.1, 0.15) is 37.8 Å². The van der Waals surface area contributed by atoms with Gasteiger partial charge in [0.25, 0.3) is 0 Å². The molecule has 2 unspecified atom stereocenters. The Balaban J connectivity index is 2.33. The van der Waals surface area contributed by atoms with Crippen LogP contribution in [0.3, 0.4) is 0 Å². The largest absolute Gasteiger partial charge is 0.311 e. The number of nitrogens with one attached hydrogen (secondary N) is 1. The lowest BCUT2D eigenvalue weighted by molar-refractivity contribution is 0.451. The number of benzene rings is 1. The van der Waals surface area contributed by atoms with Gasteiger partial charge in [-0.3, -0.25) is 0 Å². The second kappa shape index (κ2) is 7.14. The van der Waals surface area contributed by atoms with Gasteiger partial charge in [-0.1, -0.05) is 29.8 Å². The van der Waals surface area contributed by atoms with E-state index in [2.05, 4.69) is 56.3 Å². The van der Waals surface area contributed by atoms with Crippen molar-refractivity contribution in [3.8, 4) is 12.3 Å². The lowest BCUT2D eigenvalue weighted by Crippen LogP contribution is -2.34. The summed E-state index contributed by atoms with van der Waals surface area (Å²) in [6.45, 7) is 6.51. The number of rotatable bonds is 6. The Labute approximate surface area is 106 Å². The van der Waals surface area contributed by atoms with E-state index in [0.717, 1.165) is 19.3 Å². The molecule has 0 bridgehead atoms. The average Bonchev–Trinajstić information content (AvgIpc) is 2.27. The minimum absolute atomic E-state index is 0.410. The molecule has 0 amide bonds. The molecule has 1 N–H and O–H groups in total. The van der Waals surface area contributed by atoms with Gasteiger partial charge in [0.1, 0.15) is 0 Å². The molecule has 0 aromatic heterocycles. The zero-order chi connectivity index (χ0) is 12.7. The monoisotopic (exact) mass is 229 g/mol. The molecule has 1 heteroatoms. The maximum absolute atomic E-state index is 5.30. The summed E-state index contributed by atoms with van der Waals surface area (Å²) in [4.78, 5) is 0. The third kappa shape index (κ3) is 5.56. The number of aryl methyl sites for hydroxylation is 2. The van der Waals surface area contributed by atoms with Crippen LogP contribution in [0.4, 0.5) is 0 Å². The Hall–Kier alpha value is -1.26. The molecular weight excluding hydrogens is 206 g/mol. The summed E-state index contributed by atoms with van der Waals surface area (Å²) >= 11 is 0. The molecule has 1 nitrogen and oxygen atoms in total. The maximum Gasteiger partial charge on any atom is 0.0238 e. The summed E-state index contributed by atoms with van der Waals surface area (Å²) in [5.74, 6) is 2.69. The van der Waals surface area contributed by atoms with Crippen LogP contribution in [-0.2, 0) is 6.42 Å². The summed E-state index contributed by atoms with van der Waals surface area (Å²) in [7, 11) is 0. The fourth-order valence-corrected chi connectivity index (χ4v) is 2.06. The van der Waals surface area contributed by atoms with Crippen molar-refractivity contribution in [3.63, 3.8) is 0 Å². The van der Waals surface area contributed by atoms with E-state index < -0.39 is 0 Å². The lowest BCUT2D eigenvalue weighted by atomic mass is 10.0. The molecule has 1 aromatic rings. The molecule has 0 aliphatic carbocycles. The van der Waals surface area contributed by atoms with Gasteiger partial charge in [-0.25, -0.2) is 0 Å². The van der Waals surface area contributed by atoms with Crippen LogP contribution in [0, 0.1) is 19.3 Å². The van der Waals surface area contributed by atoms with Crippen molar-refractivity contribution in [1.29, 1.82) is 0 Å². The third-order valence-electron chi connectivity index (χ3n) is 2.94. The van der Waals surface area contributed by atoms with Crippen molar-refractivity contribution in [2.45, 2.75) is 52.1 Å².